The number of ether oxygens (including phenoxy) is 2. The number of benzene rings is 1. The van der Waals surface area contributed by atoms with Crippen molar-refractivity contribution >= 4 is 11.7 Å². The van der Waals surface area contributed by atoms with Crippen molar-refractivity contribution in [1.29, 1.82) is 0 Å². The third-order valence-corrected chi connectivity index (χ3v) is 3.33. The zero-order valence-electron chi connectivity index (χ0n) is 11.4. The van der Waals surface area contributed by atoms with E-state index in [9.17, 15) is 20.1 Å². The summed E-state index contributed by atoms with van der Waals surface area (Å²) in [5.41, 5.74) is 5.57. The summed E-state index contributed by atoms with van der Waals surface area (Å²) in [5.74, 6) is -1.45. The van der Waals surface area contributed by atoms with Crippen LogP contribution in [0, 0.1) is 0 Å². The van der Waals surface area contributed by atoms with Crippen LogP contribution in [0.5, 0.6) is 5.75 Å². The van der Waals surface area contributed by atoms with E-state index < -0.39 is 43.3 Å². The Morgan fingerprint density at radius 3 is 2.50 bits per heavy atom. The topological polar surface area (TPSA) is 163 Å². The Labute approximate surface area is 125 Å². The first-order valence-electron chi connectivity index (χ1n) is 6.45. The van der Waals surface area contributed by atoms with Crippen molar-refractivity contribution in [2.24, 2.45) is 0 Å². The summed E-state index contributed by atoms with van der Waals surface area (Å²) in [4.78, 5) is 11.1. The van der Waals surface area contributed by atoms with E-state index in [2.05, 4.69) is 0 Å². The summed E-state index contributed by atoms with van der Waals surface area (Å²) in [6, 6.07) is 3.81. The van der Waals surface area contributed by atoms with Crippen molar-refractivity contribution in [3.05, 3.63) is 23.8 Å². The zero-order chi connectivity index (χ0) is 16.4. The van der Waals surface area contributed by atoms with Crippen LogP contribution >= 0.6 is 0 Å². The molecule has 22 heavy (non-hydrogen) atoms. The molecule has 1 aliphatic rings. The molecule has 0 spiro atoms. The van der Waals surface area contributed by atoms with Crippen LogP contribution in [0.1, 0.15) is 10.4 Å². The summed E-state index contributed by atoms with van der Waals surface area (Å²) >= 11 is 0. The fourth-order valence-corrected chi connectivity index (χ4v) is 2.10. The molecular weight excluding hydrogens is 298 g/mol. The molecule has 1 saturated heterocycles. The Bertz CT molecular complexity index is 549. The summed E-state index contributed by atoms with van der Waals surface area (Å²) < 4.78 is 10.4. The van der Waals surface area contributed by atoms with Gasteiger partial charge in [-0.15, -0.1) is 0 Å². The molecule has 0 saturated carbocycles. The number of carbonyl (C=O) groups is 1. The number of rotatable bonds is 4. The smallest absolute Gasteiger partial charge is 0.339 e. The average molecular weight is 315 g/mol. The van der Waals surface area contributed by atoms with Crippen molar-refractivity contribution in [2.75, 3.05) is 12.3 Å². The van der Waals surface area contributed by atoms with E-state index in [0.717, 1.165) is 0 Å². The second-order valence-corrected chi connectivity index (χ2v) is 4.88. The van der Waals surface area contributed by atoms with Gasteiger partial charge in [-0.25, -0.2) is 4.79 Å². The van der Waals surface area contributed by atoms with Crippen molar-refractivity contribution in [3.8, 4) is 5.75 Å². The van der Waals surface area contributed by atoms with Crippen LogP contribution in [0.3, 0.4) is 0 Å². The number of aliphatic hydroxyl groups is 4. The van der Waals surface area contributed by atoms with E-state index in [4.69, 9.17) is 25.4 Å². The molecule has 1 aromatic rings. The standard InChI is InChI=1S/C13H17NO8/c14-5-1-2-6(12(19)20)7(3-5)21-13-11(18)10(17)9(16)8(4-15)22-13/h1-3,8-11,13,15-18H,4,14H2,(H,19,20)/t8-,9+,10+,11-,13-/m0/s1. The molecule has 1 aliphatic heterocycles. The minimum absolute atomic E-state index is 0.170. The van der Waals surface area contributed by atoms with E-state index in [1.807, 2.05) is 0 Å². The number of hydrogen-bond acceptors (Lipinski definition) is 8. The summed E-state index contributed by atoms with van der Waals surface area (Å²) in [7, 11) is 0. The molecule has 1 aromatic carbocycles. The highest BCUT2D eigenvalue weighted by Crippen LogP contribution is 2.28. The van der Waals surface area contributed by atoms with Crippen molar-refractivity contribution in [3.63, 3.8) is 0 Å². The SMILES string of the molecule is Nc1ccc(C(=O)O)c(O[C@H]2O[C@@H](CO)[C@@H](O)[C@@H](O)[C@@H]2O)c1. The van der Waals surface area contributed by atoms with Gasteiger partial charge in [0.15, 0.2) is 0 Å². The Kier molecular flexibility index (Phi) is 4.84. The molecule has 1 heterocycles. The first kappa shape index (κ1) is 16.5. The van der Waals surface area contributed by atoms with Gasteiger partial charge in [0.1, 0.15) is 35.7 Å². The van der Waals surface area contributed by atoms with Gasteiger partial charge in [0.2, 0.25) is 6.29 Å². The number of aliphatic hydroxyl groups excluding tert-OH is 4. The normalized spacial score (nSPS) is 31.7. The van der Waals surface area contributed by atoms with Gasteiger partial charge >= 0.3 is 5.97 Å². The Balaban J connectivity index is 2.26. The van der Waals surface area contributed by atoms with Crippen LogP contribution in [0.15, 0.2) is 18.2 Å². The first-order chi connectivity index (χ1) is 10.3. The van der Waals surface area contributed by atoms with Crippen molar-refractivity contribution in [1.82, 2.24) is 0 Å². The Morgan fingerprint density at radius 1 is 1.23 bits per heavy atom. The van der Waals surface area contributed by atoms with Crippen LogP contribution in [-0.2, 0) is 4.74 Å². The second kappa shape index (κ2) is 6.46. The molecule has 0 unspecified atom stereocenters. The molecule has 2 rings (SSSR count). The van der Waals surface area contributed by atoms with Gasteiger partial charge in [0.25, 0.3) is 0 Å². The lowest BCUT2D eigenvalue weighted by molar-refractivity contribution is -0.277. The highest BCUT2D eigenvalue weighted by molar-refractivity contribution is 5.91. The third-order valence-electron chi connectivity index (χ3n) is 3.33. The van der Waals surface area contributed by atoms with E-state index in [1.54, 1.807) is 0 Å². The van der Waals surface area contributed by atoms with Crippen molar-refractivity contribution in [2.45, 2.75) is 30.7 Å². The molecule has 0 aromatic heterocycles. The van der Waals surface area contributed by atoms with Gasteiger partial charge in [-0.1, -0.05) is 0 Å². The number of hydrogen-bond donors (Lipinski definition) is 6. The zero-order valence-corrected chi connectivity index (χ0v) is 11.4. The third kappa shape index (κ3) is 3.13. The molecule has 9 heteroatoms. The fraction of sp³-hybridized carbons (Fsp3) is 0.462. The summed E-state index contributed by atoms with van der Waals surface area (Å²) in [6.45, 7) is -0.618. The van der Waals surface area contributed by atoms with Crippen LogP contribution in [-0.4, -0.2) is 68.8 Å². The lowest BCUT2D eigenvalue weighted by Crippen LogP contribution is -2.60. The quantitative estimate of drug-likeness (QED) is 0.350. The van der Waals surface area contributed by atoms with E-state index >= 15 is 0 Å². The molecule has 7 N–H and O–H groups in total. The molecule has 0 aliphatic carbocycles. The van der Waals surface area contributed by atoms with Gasteiger partial charge in [-0.2, -0.15) is 0 Å². The second-order valence-electron chi connectivity index (χ2n) is 4.88. The maximum Gasteiger partial charge on any atom is 0.339 e. The van der Waals surface area contributed by atoms with Crippen molar-refractivity contribution < 1.29 is 39.8 Å². The largest absolute Gasteiger partial charge is 0.478 e. The Hall–Kier alpha value is -1.91. The van der Waals surface area contributed by atoms with E-state index in [0.29, 0.717) is 0 Å². The highest BCUT2D eigenvalue weighted by Gasteiger charge is 2.45. The molecule has 1 fully saturated rings. The van der Waals surface area contributed by atoms with Gasteiger partial charge in [0, 0.05) is 11.8 Å². The first-order valence-corrected chi connectivity index (χ1v) is 6.45. The summed E-state index contributed by atoms with van der Waals surface area (Å²) in [5, 5.41) is 47.4. The number of nitrogens with two attached hydrogens (primary N) is 1. The maximum absolute atomic E-state index is 11.1. The van der Waals surface area contributed by atoms with Gasteiger partial charge < -0.3 is 40.7 Å². The van der Waals surface area contributed by atoms with Gasteiger partial charge in [0.05, 0.1) is 6.61 Å². The number of carboxylic acids is 1. The maximum atomic E-state index is 11.1. The van der Waals surface area contributed by atoms with Crippen LogP contribution in [0.25, 0.3) is 0 Å². The molecule has 5 atom stereocenters. The molecule has 0 bridgehead atoms. The number of aromatic carboxylic acids is 1. The molecular formula is C13H17NO8. The predicted molar refractivity (Wildman–Crippen MR) is 72.2 cm³/mol. The number of carboxylic acid groups (broad SMARTS) is 1. The monoisotopic (exact) mass is 315 g/mol. The minimum atomic E-state index is -1.64. The van der Waals surface area contributed by atoms with Gasteiger partial charge in [-0.05, 0) is 12.1 Å². The predicted octanol–water partition coefficient (Wildman–Crippen LogP) is -1.85. The van der Waals surface area contributed by atoms with E-state index in [-0.39, 0.29) is 17.0 Å². The molecule has 9 nitrogen and oxygen atoms in total. The molecule has 122 valence electrons. The summed E-state index contributed by atoms with van der Waals surface area (Å²) in [6.07, 6.45) is -7.42. The lowest BCUT2D eigenvalue weighted by Gasteiger charge is -2.39. The molecule has 0 amide bonds. The molecule has 0 radical (unpaired) electrons. The number of anilines is 1. The van der Waals surface area contributed by atoms with Gasteiger partial charge in [-0.3, -0.25) is 0 Å². The van der Waals surface area contributed by atoms with Crippen LogP contribution in [0.2, 0.25) is 0 Å². The lowest BCUT2D eigenvalue weighted by atomic mass is 9.99. The van der Waals surface area contributed by atoms with Crippen LogP contribution in [0.4, 0.5) is 5.69 Å². The van der Waals surface area contributed by atoms with E-state index in [1.165, 1.54) is 18.2 Å². The minimum Gasteiger partial charge on any atom is -0.478 e. The number of nitrogen functional groups attached to an aromatic ring is 1. The fourth-order valence-electron chi connectivity index (χ4n) is 2.10. The Morgan fingerprint density at radius 2 is 1.91 bits per heavy atom. The van der Waals surface area contributed by atoms with Crippen LogP contribution < -0.4 is 10.5 Å². The highest BCUT2D eigenvalue weighted by atomic mass is 16.7. The average Bonchev–Trinajstić information content (AvgIpc) is 2.47.